The van der Waals surface area contributed by atoms with Gasteiger partial charge < -0.3 is 9.47 Å². The van der Waals surface area contributed by atoms with Crippen molar-refractivity contribution in [3.8, 4) is 5.75 Å². The molecule has 0 unspecified atom stereocenters. The van der Waals surface area contributed by atoms with E-state index in [-0.39, 0.29) is 5.91 Å². The van der Waals surface area contributed by atoms with E-state index >= 15 is 0 Å². The maximum absolute atomic E-state index is 12.0. The van der Waals surface area contributed by atoms with Crippen LogP contribution >= 0.6 is 0 Å². The molecule has 4 heteroatoms. The number of hydrogen-bond acceptors (Lipinski definition) is 3. The Hall–Kier alpha value is -1.68. The van der Waals surface area contributed by atoms with E-state index in [4.69, 9.17) is 9.47 Å². The first-order valence-electron chi connectivity index (χ1n) is 6.74. The molecule has 0 atom stereocenters. The highest BCUT2D eigenvalue weighted by atomic mass is 16.5. The fourth-order valence-electron chi connectivity index (χ4n) is 1.89. The molecule has 19 heavy (non-hydrogen) atoms. The van der Waals surface area contributed by atoms with Crippen LogP contribution < -0.4 is 4.74 Å². The topological polar surface area (TPSA) is 47.9 Å². The quantitative estimate of drug-likeness (QED) is 0.721. The van der Waals surface area contributed by atoms with Gasteiger partial charge in [-0.1, -0.05) is 12.1 Å². The predicted molar refractivity (Wildman–Crippen MR) is 74.0 cm³/mol. The van der Waals surface area contributed by atoms with Crippen LogP contribution in [0.2, 0.25) is 0 Å². The first-order chi connectivity index (χ1) is 9.38. The van der Waals surface area contributed by atoms with Crippen LogP contribution in [0.15, 0.2) is 29.3 Å². The molecule has 1 aromatic rings. The Morgan fingerprint density at radius 2 is 1.84 bits per heavy atom. The summed E-state index contributed by atoms with van der Waals surface area (Å²) in [5.41, 5.74) is 0.525. The Morgan fingerprint density at radius 3 is 2.79 bits per heavy atom. The Bertz CT molecular complexity index is 443. The fraction of sp³-hybridized carbons (Fsp3) is 0.467. The van der Waals surface area contributed by atoms with E-state index in [0.717, 1.165) is 25.9 Å². The van der Waals surface area contributed by atoms with Crippen LogP contribution in [0, 0.1) is 0 Å². The van der Waals surface area contributed by atoms with Crippen LogP contribution in [-0.2, 0) is 4.74 Å². The number of aliphatic imine (C=N–C) groups is 1. The van der Waals surface area contributed by atoms with Crippen molar-refractivity contribution < 1.29 is 14.3 Å². The Kier molecular flexibility index (Phi) is 5.56. The average Bonchev–Trinajstić information content (AvgIpc) is 2.44. The minimum atomic E-state index is -0.257. The second-order valence-corrected chi connectivity index (χ2v) is 4.42. The summed E-state index contributed by atoms with van der Waals surface area (Å²) in [4.78, 5) is 15.9. The predicted octanol–water partition coefficient (Wildman–Crippen LogP) is 2.87. The van der Waals surface area contributed by atoms with Gasteiger partial charge in [0.1, 0.15) is 5.75 Å². The van der Waals surface area contributed by atoms with Gasteiger partial charge in [0, 0.05) is 19.2 Å². The van der Waals surface area contributed by atoms with Gasteiger partial charge in [-0.2, -0.15) is 0 Å². The third-order valence-corrected chi connectivity index (χ3v) is 2.91. The number of ether oxygens (including phenoxy) is 2. The lowest BCUT2D eigenvalue weighted by atomic mass is 10.2. The summed E-state index contributed by atoms with van der Waals surface area (Å²) in [5.74, 6) is 0.366. The number of carbonyl (C=O) groups is 1. The number of fused-ring (bicyclic) bond motifs is 1. The molecule has 0 radical (unpaired) electrons. The van der Waals surface area contributed by atoms with E-state index < -0.39 is 0 Å². The zero-order valence-corrected chi connectivity index (χ0v) is 11.0. The molecule has 0 saturated carbocycles. The van der Waals surface area contributed by atoms with Gasteiger partial charge in [-0.25, -0.2) is 4.99 Å². The molecule has 0 aromatic heterocycles. The lowest BCUT2D eigenvalue weighted by molar-refractivity contribution is 0.0998. The van der Waals surface area contributed by atoms with Crippen molar-refractivity contribution in [2.75, 3.05) is 19.8 Å². The molecule has 0 aliphatic carbocycles. The minimum absolute atomic E-state index is 0.257. The Labute approximate surface area is 113 Å². The molecular formula is C15H19NO3. The van der Waals surface area contributed by atoms with Crippen LogP contribution in [0.3, 0.4) is 0 Å². The van der Waals surface area contributed by atoms with E-state index in [0.29, 0.717) is 30.9 Å². The maximum Gasteiger partial charge on any atom is 0.280 e. The van der Waals surface area contributed by atoms with Gasteiger partial charge >= 0.3 is 0 Å². The normalized spacial score (nSPS) is 18.2. The van der Waals surface area contributed by atoms with E-state index in [2.05, 4.69) is 4.99 Å². The third-order valence-electron chi connectivity index (χ3n) is 2.91. The molecule has 0 saturated heterocycles. The Morgan fingerprint density at radius 1 is 1.00 bits per heavy atom. The zero-order chi connectivity index (χ0) is 13.3. The van der Waals surface area contributed by atoms with E-state index in [1.807, 2.05) is 18.2 Å². The highest BCUT2D eigenvalue weighted by Crippen LogP contribution is 2.19. The summed E-state index contributed by atoms with van der Waals surface area (Å²) in [6, 6.07) is 7.25. The molecule has 102 valence electrons. The van der Waals surface area contributed by atoms with Crippen molar-refractivity contribution in [2.45, 2.75) is 25.7 Å². The molecule has 4 nitrogen and oxygen atoms in total. The van der Waals surface area contributed by atoms with Crippen LogP contribution in [0.4, 0.5) is 0 Å². The maximum atomic E-state index is 12.0. The Balaban J connectivity index is 2.10. The number of benzene rings is 1. The highest BCUT2D eigenvalue weighted by molar-refractivity contribution is 6.01. The molecule has 1 aromatic carbocycles. The van der Waals surface area contributed by atoms with Crippen molar-refractivity contribution in [2.24, 2.45) is 4.99 Å². The first-order valence-corrected chi connectivity index (χ1v) is 6.74. The number of para-hydroxylation sites is 1. The van der Waals surface area contributed by atoms with Gasteiger partial charge in [0.25, 0.3) is 5.91 Å². The summed E-state index contributed by atoms with van der Waals surface area (Å²) in [6.07, 6.45) is 5.36. The van der Waals surface area contributed by atoms with Gasteiger partial charge in [-0.3, -0.25) is 4.79 Å². The first kappa shape index (κ1) is 13.7. The van der Waals surface area contributed by atoms with Crippen LogP contribution in [0.25, 0.3) is 0 Å². The largest absolute Gasteiger partial charge is 0.493 e. The third kappa shape index (κ3) is 4.48. The summed E-state index contributed by atoms with van der Waals surface area (Å²) in [7, 11) is 0. The van der Waals surface area contributed by atoms with Crippen LogP contribution in [-0.4, -0.2) is 31.9 Å². The zero-order valence-electron chi connectivity index (χ0n) is 11.0. The molecule has 0 fully saturated rings. The van der Waals surface area contributed by atoms with Gasteiger partial charge in [-0.05, 0) is 31.4 Å². The van der Waals surface area contributed by atoms with Crippen LogP contribution in [0.1, 0.15) is 36.0 Å². The van der Waals surface area contributed by atoms with Crippen molar-refractivity contribution in [3.63, 3.8) is 0 Å². The summed E-state index contributed by atoms with van der Waals surface area (Å²) in [5, 5.41) is 0. The molecule has 1 heterocycles. The number of rotatable bonds is 0. The summed E-state index contributed by atoms with van der Waals surface area (Å²) in [6.45, 7) is 2.00. The molecule has 0 bridgehead atoms. The van der Waals surface area contributed by atoms with Gasteiger partial charge in [0.2, 0.25) is 0 Å². The molecule has 0 N–H and O–H groups in total. The average molecular weight is 261 g/mol. The monoisotopic (exact) mass is 261 g/mol. The fourth-order valence-corrected chi connectivity index (χ4v) is 1.89. The molecule has 2 rings (SSSR count). The summed E-state index contributed by atoms with van der Waals surface area (Å²) < 4.78 is 11.1. The van der Waals surface area contributed by atoms with Gasteiger partial charge in [-0.15, -0.1) is 0 Å². The van der Waals surface area contributed by atoms with Crippen molar-refractivity contribution in [3.05, 3.63) is 29.8 Å². The van der Waals surface area contributed by atoms with Gasteiger partial charge in [0.15, 0.2) is 0 Å². The van der Waals surface area contributed by atoms with Crippen LogP contribution in [0.5, 0.6) is 5.75 Å². The second kappa shape index (κ2) is 7.69. The molecule has 1 aliphatic rings. The molecule has 1 amide bonds. The van der Waals surface area contributed by atoms with Gasteiger partial charge in [0.05, 0.1) is 18.8 Å². The van der Waals surface area contributed by atoms with E-state index in [9.17, 15) is 4.79 Å². The lowest BCUT2D eigenvalue weighted by Gasteiger charge is -2.10. The lowest BCUT2D eigenvalue weighted by Crippen LogP contribution is -2.06. The number of amides is 1. The van der Waals surface area contributed by atoms with Crippen molar-refractivity contribution >= 4 is 12.1 Å². The van der Waals surface area contributed by atoms with Crippen molar-refractivity contribution in [1.82, 2.24) is 0 Å². The number of nitrogens with zero attached hydrogens (tertiary/aromatic N) is 1. The molecular weight excluding hydrogens is 242 g/mol. The SMILES string of the molecule is O=C1N=CCCOCCCCCOc2ccccc21. The van der Waals surface area contributed by atoms with Crippen molar-refractivity contribution in [1.29, 1.82) is 0 Å². The standard InChI is InChI=1S/C15H19NO3/c17-15-13-7-2-3-8-14(13)19-12-5-1-4-10-18-11-6-9-16-15/h2-3,7-9H,1,4-6,10-12H2. The second-order valence-electron chi connectivity index (χ2n) is 4.42. The number of hydrogen-bond donors (Lipinski definition) is 0. The molecule has 1 aliphatic heterocycles. The smallest absolute Gasteiger partial charge is 0.280 e. The van der Waals surface area contributed by atoms with E-state index in [1.54, 1.807) is 12.3 Å². The highest BCUT2D eigenvalue weighted by Gasteiger charge is 2.10. The van der Waals surface area contributed by atoms with E-state index in [1.165, 1.54) is 0 Å². The summed E-state index contributed by atoms with van der Waals surface area (Å²) >= 11 is 0. The molecule has 0 spiro atoms. The minimum Gasteiger partial charge on any atom is -0.493 e. The number of carbonyl (C=O) groups excluding carboxylic acids is 1.